The van der Waals surface area contributed by atoms with Crippen LogP contribution in [0.4, 0.5) is 22.2 Å². The predicted molar refractivity (Wildman–Crippen MR) is 147 cm³/mol. The second-order valence-electron chi connectivity index (χ2n) is 8.98. The number of para-hydroxylation sites is 1. The van der Waals surface area contributed by atoms with Gasteiger partial charge in [-0.1, -0.05) is 52.5 Å². The first kappa shape index (κ1) is 25.4. The largest absolute Gasteiger partial charge is 0.338 e. The SMILES string of the molecule is CC(C)N1CCN(c2nc(-c3ccc(Cl)cc3Cl)c3c(n2)N(c2c(Cl)cccc2Cl)C(=O)NC3)CC1. The Morgan fingerprint density at radius 1 is 0.917 bits per heavy atom. The molecule has 36 heavy (non-hydrogen) atoms. The van der Waals surface area contributed by atoms with Crippen molar-refractivity contribution in [2.75, 3.05) is 36.0 Å². The monoisotopic (exact) mass is 564 g/mol. The number of fused-ring (bicyclic) bond motifs is 1. The highest BCUT2D eigenvalue weighted by molar-refractivity contribution is 6.40. The molecule has 0 atom stereocenters. The van der Waals surface area contributed by atoms with Crippen LogP contribution in [0, 0.1) is 0 Å². The molecule has 0 aliphatic carbocycles. The minimum absolute atomic E-state index is 0.225. The molecule has 2 aliphatic heterocycles. The maximum absolute atomic E-state index is 13.2. The zero-order chi connectivity index (χ0) is 25.6. The summed E-state index contributed by atoms with van der Waals surface area (Å²) in [6.07, 6.45) is 0. The van der Waals surface area contributed by atoms with E-state index in [1.165, 1.54) is 4.90 Å². The molecule has 1 saturated heterocycles. The molecule has 5 rings (SSSR count). The maximum Gasteiger partial charge on any atom is 0.328 e. The van der Waals surface area contributed by atoms with Gasteiger partial charge in [-0.05, 0) is 44.2 Å². The molecule has 2 aromatic carbocycles. The van der Waals surface area contributed by atoms with Crippen molar-refractivity contribution in [1.29, 1.82) is 0 Å². The van der Waals surface area contributed by atoms with Crippen LogP contribution in [0.3, 0.4) is 0 Å². The van der Waals surface area contributed by atoms with Gasteiger partial charge < -0.3 is 10.2 Å². The lowest BCUT2D eigenvalue weighted by atomic mass is 10.0. The summed E-state index contributed by atoms with van der Waals surface area (Å²) in [5.41, 5.74) is 2.39. The van der Waals surface area contributed by atoms with E-state index >= 15 is 0 Å². The summed E-state index contributed by atoms with van der Waals surface area (Å²) in [4.78, 5) is 29.0. The van der Waals surface area contributed by atoms with Crippen molar-refractivity contribution in [3.05, 3.63) is 62.1 Å². The molecule has 1 fully saturated rings. The van der Waals surface area contributed by atoms with E-state index in [0.717, 1.165) is 26.2 Å². The number of carbonyl (C=O) groups is 1. The smallest absolute Gasteiger partial charge is 0.328 e. The molecule has 0 spiro atoms. The number of urea groups is 1. The van der Waals surface area contributed by atoms with Crippen LogP contribution in [0.1, 0.15) is 19.4 Å². The van der Waals surface area contributed by atoms with E-state index < -0.39 is 0 Å². The summed E-state index contributed by atoms with van der Waals surface area (Å²) >= 11 is 25.8. The summed E-state index contributed by atoms with van der Waals surface area (Å²) in [7, 11) is 0. The third-order valence-corrected chi connectivity index (χ3v) is 7.64. The fraction of sp³-hybridized carbons (Fsp3) is 0.320. The van der Waals surface area contributed by atoms with Crippen molar-refractivity contribution in [1.82, 2.24) is 20.2 Å². The van der Waals surface area contributed by atoms with Crippen molar-refractivity contribution in [2.24, 2.45) is 0 Å². The third-order valence-electron chi connectivity index (χ3n) is 6.48. The molecular formula is C25H24Cl4N6O. The Hall–Kier alpha value is -2.29. The standard InChI is InChI=1S/C25H24Cl4N6O/c1-14(2)33-8-10-34(11-9-33)24-31-21(16-7-6-15(26)12-20(16)29)17-13-30-25(36)35(23(17)32-24)22-18(27)4-3-5-19(22)28/h3-7,12,14H,8-11,13H2,1-2H3,(H,30,36). The van der Waals surface area contributed by atoms with Gasteiger partial charge in [0.15, 0.2) is 5.82 Å². The molecule has 3 heterocycles. The summed E-state index contributed by atoms with van der Waals surface area (Å²) in [6, 6.07) is 10.5. The van der Waals surface area contributed by atoms with Crippen molar-refractivity contribution in [3.8, 4) is 11.3 Å². The Morgan fingerprint density at radius 3 is 2.25 bits per heavy atom. The second-order valence-corrected chi connectivity index (χ2v) is 10.6. The maximum atomic E-state index is 13.2. The fourth-order valence-electron chi connectivity index (χ4n) is 4.54. The Kier molecular flexibility index (Phi) is 7.21. The van der Waals surface area contributed by atoms with E-state index in [9.17, 15) is 4.79 Å². The number of hydrogen-bond acceptors (Lipinski definition) is 5. The second kappa shape index (κ2) is 10.2. The third kappa shape index (κ3) is 4.71. The lowest BCUT2D eigenvalue weighted by Crippen LogP contribution is -2.49. The highest BCUT2D eigenvalue weighted by atomic mass is 35.5. The molecular weight excluding hydrogens is 542 g/mol. The van der Waals surface area contributed by atoms with Gasteiger partial charge in [-0.2, -0.15) is 4.98 Å². The molecule has 11 heteroatoms. The van der Waals surface area contributed by atoms with Crippen molar-refractivity contribution in [2.45, 2.75) is 26.4 Å². The number of rotatable bonds is 4. The summed E-state index contributed by atoms with van der Waals surface area (Å²) in [6.45, 7) is 7.88. The first-order valence-electron chi connectivity index (χ1n) is 11.6. The minimum atomic E-state index is -0.375. The molecule has 0 bridgehead atoms. The summed E-state index contributed by atoms with van der Waals surface area (Å²) in [5, 5.41) is 4.55. The van der Waals surface area contributed by atoms with Gasteiger partial charge in [0.1, 0.15) is 0 Å². The van der Waals surface area contributed by atoms with Gasteiger partial charge in [-0.25, -0.2) is 14.7 Å². The van der Waals surface area contributed by atoms with Gasteiger partial charge in [-0.3, -0.25) is 4.90 Å². The van der Waals surface area contributed by atoms with Crippen LogP contribution in [0.25, 0.3) is 11.3 Å². The Labute approximate surface area is 229 Å². The number of halogens is 4. The summed E-state index contributed by atoms with van der Waals surface area (Å²) in [5.74, 6) is 0.937. The van der Waals surface area contributed by atoms with Crippen LogP contribution in [0.5, 0.6) is 0 Å². The number of piperazine rings is 1. The van der Waals surface area contributed by atoms with E-state index in [0.29, 0.717) is 60.4 Å². The molecule has 0 saturated carbocycles. The van der Waals surface area contributed by atoms with Crippen LogP contribution in [0.2, 0.25) is 20.1 Å². The summed E-state index contributed by atoms with van der Waals surface area (Å²) < 4.78 is 0. The van der Waals surface area contributed by atoms with Gasteiger partial charge in [0, 0.05) is 48.4 Å². The fourth-order valence-corrected chi connectivity index (χ4v) is 5.61. The molecule has 1 N–H and O–H groups in total. The van der Waals surface area contributed by atoms with Gasteiger partial charge in [0.05, 0.1) is 33.0 Å². The average molecular weight is 566 g/mol. The van der Waals surface area contributed by atoms with E-state index in [2.05, 4.69) is 29.0 Å². The number of nitrogens with zero attached hydrogens (tertiary/aromatic N) is 5. The number of amides is 2. The van der Waals surface area contributed by atoms with Gasteiger partial charge in [0.2, 0.25) is 5.95 Å². The van der Waals surface area contributed by atoms with Crippen molar-refractivity contribution in [3.63, 3.8) is 0 Å². The van der Waals surface area contributed by atoms with Gasteiger partial charge in [0.25, 0.3) is 0 Å². The lowest BCUT2D eigenvalue weighted by molar-refractivity contribution is 0.208. The molecule has 3 aromatic rings. The van der Waals surface area contributed by atoms with Crippen LogP contribution >= 0.6 is 46.4 Å². The van der Waals surface area contributed by atoms with Crippen LogP contribution in [-0.4, -0.2) is 53.1 Å². The first-order valence-corrected chi connectivity index (χ1v) is 13.1. The first-order chi connectivity index (χ1) is 17.2. The van der Waals surface area contributed by atoms with Gasteiger partial charge in [-0.15, -0.1) is 0 Å². The molecule has 2 amide bonds. The Bertz CT molecular complexity index is 1310. The minimum Gasteiger partial charge on any atom is -0.338 e. The Balaban J connectivity index is 1.70. The van der Waals surface area contributed by atoms with E-state index in [-0.39, 0.29) is 12.6 Å². The molecule has 1 aromatic heterocycles. The number of anilines is 3. The molecule has 7 nitrogen and oxygen atoms in total. The average Bonchev–Trinajstić information content (AvgIpc) is 2.84. The Morgan fingerprint density at radius 2 is 1.61 bits per heavy atom. The van der Waals surface area contributed by atoms with Crippen molar-refractivity contribution >= 4 is 69.9 Å². The zero-order valence-electron chi connectivity index (χ0n) is 19.7. The number of hydrogen-bond donors (Lipinski definition) is 1. The van der Waals surface area contributed by atoms with Gasteiger partial charge >= 0.3 is 6.03 Å². The topological polar surface area (TPSA) is 64.6 Å². The van der Waals surface area contributed by atoms with Crippen LogP contribution in [-0.2, 0) is 6.54 Å². The predicted octanol–water partition coefficient (Wildman–Crippen LogP) is 6.65. The normalized spacial score (nSPS) is 16.4. The number of aromatic nitrogens is 2. The molecule has 0 radical (unpaired) electrons. The highest BCUT2D eigenvalue weighted by Gasteiger charge is 2.34. The zero-order valence-corrected chi connectivity index (χ0v) is 22.8. The molecule has 0 unspecified atom stereocenters. The number of carbonyl (C=O) groups excluding carboxylic acids is 1. The van der Waals surface area contributed by atoms with E-state index in [4.69, 9.17) is 56.4 Å². The van der Waals surface area contributed by atoms with Crippen molar-refractivity contribution < 1.29 is 4.79 Å². The highest BCUT2D eigenvalue weighted by Crippen LogP contribution is 2.43. The molecule has 2 aliphatic rings. The van der Waals surface area contributed by atoms with E-state index in [1.807, 2.05) is 6.07 Å². The van der Waals surface area contributed by atoms with Crippen LogP contribution in [0.15, 0.2) is 36.4 Å². The molecule has 188 valence electrons. The van der Waals surface area contributed by atoms with E-state index in [1.54, 1.807) is 30.3 Å². The lowest BCUT2D eigenvalue weighted by Gasteiger charge is -2.38. The quantitative estimate of drug-likeness (QED) is 0.383. The number of nitrogens with one attached hydrogen (secondary N) is 1. The van der Waals surface area contributed by atoms with Crippen LogP contribution < -0.4 is 15.1 Å². The number of benzene rings is 2.